The average Bonchev–Trinajstić information content (AvgIpc) is 2.52. The van der Waals surface area contributed by atoms with Gasteiger partial charge < -0.3 is 9.64 Å². The van der Waals surface area contributed by atoms with Gasteiger partial charge in [0.05, 0.1) is 13.2 Å². The smallest absolute Gasteiger partial charge is 0.0594 e. The molecular weight excluding hydrogens is 260 g/mol. The number of ether oxygens (including phenoxy) is 1. The van der Waals surface area contributed by atoms with Crippen molar-refractivity contribution in [3.8, 4) is 0 Å². The highest BCUT2D eigenvalue weighted by Crippen LogP contribution is 2.36. The minimum absolute atomic E-state index is 0.450. The molecule has 2 heterocycles. The van der Waals surface area contributed by atoms with Crippen LogP contribution in [0.3, 0.4) is 0 Å². The lowest BCUT2D eigenvalue weighted by molar-refractivity contribution is 0.000587. The molecule has 21 heavy (non-hydrogen) atoms. The minimum Gasteiger partial charge on any atom is -0.379 e. The number of morpholine rings is 1. The van der Waals surface area contributed by atoms with Crippen molar-refractivity contribution in [3.05, 3.63) is 35.9 Å². The zero-order valence-electron chi connectivity index (χ0n) is 13.3. The number of likely N-dealkylation sites (tertiary alicyclic amines) is 1. The molecule has 2 saturated heterocycles. The van der Waals surface area contributed by atoms with E-state index in [1.165, 1.54) is 44.5 Å². The summed E-state index contributed by atoms with van der Waals surface area (Å²) in [6.45, 7) is 7.72. The van der Waals surface area contributed by atoms with Gasteiger partial charge in [-0.3, -0.25) is 4.90 Å². The summed E-state index contributed by atoms with van der Waals surface area (Å²) in [6.07, 6.45) is 3.85. The Bertz CT molecular complexity index is 420. The second kappa shape index (κ2) is 6.91. The van der Waals surface area contributed by atoms with Crippen molar-refractivity contribution < 1.29 is 4.74 Å². The van der Waals surface area contributed by atoms with E-state index in [4.69, 9.17) is 4.74 Å². The van der Waals surface area contributed by atoms with Gasteiger partial charge in [-0.25, -0.2) is 0 Å². The molecule has 0 atom stereocenters. The first-order valence-electron chi connectivity index (χ1n) is 8.28. The maximum atomic E-state index is 5.51. The zero-order valence-corrected chi connectivity index (χ0v) is 13.3. The molecule has 1 aromatic rings. The summed E-state index contributed by atoms with van der Waals surface area (Å²) >= 11 is 0. The summed E-state index contributed by atoms with van der Waals surface area (Å²) in [7, 11) is 2.25. The Balaban J connectivity index is 1.71. The molecule has 0 aromatic heterocycles. The minimum atomic E-state index is 0.450. The monoisotopic (exact) mass is 288 g/mol. The van der Waals surface area contributed by atoms with Crippen LogP contribution in [-0.2, 0) is 11.2 Å². The Hall–Kier alpha value is -0.900. The SMILES string of the molecule is CN1CCC(Cc2ccccc2)(CN2CCOCC2)CC1. The molecule has 3 nitrogen and oxygen atoms in total. The van der Waals surface area contributed by atoms with E-state index >= 15 is 0 Å². The Morgan fingerprint density at radius 2 is 1.67 bits per heavy atom. The van der Waals surface area contributed by atoms with Crippen molar-refractivity contribution >= 4 is 0 Å². The van der Waals surface area contributed by atoms with Gasteiger partial charge in [0, 0.05) is 19.6 Å². The van der Waals surface area contributed by atoms with E-state index < -0.39 is 0 Å². The zero-order chi connectivity index (χ0) is 14.5. The van der Waals surface area contributed by atoms with Crippen LogP contribution in [0.5, 0.6) is 0 Å². The largest absolute Gasteiger partial charge is 0.379 e. The fourth-order valence-corrected chi connectivity index (χ4v) is 3.75. The number of piperidine rings is 1. The molecule has 3 heteroatoms. The quantitative estimate of drug-likeness (QED) is 0.845. The van der Waals surface area contributed by atoms with Gasteiger partial charge in [0.15, 0.2) is 0 Å². The van der Waals surface area contributed by atoms with Gasteiger partial charge in [-0.2, -0.15) is 0 Å². The highest BCUT2D eigenvalue weighted by molar-refractivity contribution is 5.17. The van der Waals surface area contributed by atoms with Crippen LogP contribution in [0.4, 0.5) is 0 Å². The van der Waals surface area contributed by atoms with Gasteiger partial charge in [-0.05, 0) is 50.4 Å². The topological polar surface area (TPSA) is 15.7 Å². The lowest BCUT2D eigenvalue weighted by Gasteiger charge is -2.44. The standard InChI is InChI=1S/C18H28N2O/c1-19-9-7-18(8-10-19,15-17-5-3-2-4-6-17)16-20-11-13-21-14-12-20/h2-6H,7-16H2,1H3. The third-order valence-electron chi connectivity index (χ3n) is 5.13. The second-order valence-corrected chi connectivity index (χ2v) is 6.85. The van der Waals surface area contributed by atoms with Crippen LogP contribution in [-0.4, -0.2) is 62.8 Å². The summed E-state index contributed by atoms with van der Waals surface area (Å²) in [4.78, 5) is 5.10. The summed E-state index contributed by atoms with van der Waals surface area (Å²) < 4.78 is 5.51. The number of nitrogens with zero attached hydrogens (tertiary/aromatic N) is 2. The molecule has 3 rings (SSSR count). The van der Waals surface area contributed by atoms with Crippen molar-refractivity contribution in [2.75, 3.05) is 53.0 Å². The number of hydrogen-bond acceptors (Lipinski definition) is 3. The Kier molecular flexibility index (Phi) is 4.94. The molecular formula is C18H28N2O. The Morgan fingerprint density at radius 1 is 1.00 bits per heavy atom. The van der Waals surface area contributed by atoms with E-state index in [0.717, 1.165) is 26.3 Å². The van der Waals surface area contributed by atoms with Crippen molar-refractivity contribution in [3.63, 3.8) is 0 Å². The predicted molar refractivity (Wildman–Crippen MR) is 86.6 cm³/mol. The van der Waals surface area contributed by atoms with Crippen LogP contribution in [0.1, 0.15) is 18.4 Å². The molecule has 0 N–H and O–H groups in total. The maximum absolute atomic E-state index is 5.51. The molecule has 0 amide bonds. The van der Waals surface area contributed by atoms with Crippen molar-refractivity contribution in [1.29, 1.82) is 0 Å². The first kappa shape index (κ1) is 15.0. The highest BCUT2D eigenvalue weighted by atomic mass is 16.5. The van der Waals surface area contributed by atoms with Crippen LogP contribution < -0.4 is 0 Å². The van der Waals surface area contributed by atoms with E-state index in [9.17, 15) is 0 Å². The molecule has 1 aromatic carbocycles. The molecule has 116 valence electrons. The van der Waals surface area contributed by atoms with Gasteiger partial charge in [0.2, 0.25) is 0 Å². The van der Waals surface area contributed by atoms with Gasteiger partial charge >= 0.3 is 0 Å². The fourth-order valence-electron chi connectivity index (χ4n) is 3.75. The Morgan fingerprint density at radius 3 is 2.33 bits per heavy atom. The molecule has 0 aliphatic carbocycles. The fraction of sp³-hybridized carbons (Fsp3) is 0.667. The third kappa shape index (κ3) is 4.06. The predicted octanol–water partition coefficient (Wildman–Crippen LogP) is 2.27. The summed E-state index contributed by atoms with van der Waals surface area (Å²) in [5, 5.41) is 0. The molecule has 0 spiro atoms. The average molecular weight is 288 g/mol. The molecule has 0 bridgehead atoms. The van der Waals surface area contributed by atoms with Crippen LogP contribution in [0.15, 0.2) is 30.3 Å². The highest BCUT2D eigenvalue weighted by Gasteiger charge is 2.35. The first-order valence-corrected chi connectivity index (χ1v) is 8.28. The lowest BCUT2D eigenvalue weighted by atomic mass is 9.73. The van der Waals surface area contributed by atoms with Gasteiger partial charge in [-0.15, -0.1) is 0 Å². The molecule has 2 aliphatic heterocycles. The van der Waals surface area contributed by atoms with Gasteiger partial charge in [-0.1, -0.05) is 30.3 Å². The normalized spacial score (nSPS) is 24.0. The van der Waals surface area contributed by atoms with E-state index in [1.54, 1.807) is 0 Å². The molecule has 0 radical (unpaired) electrons. The summed E-state index contributed by atoms with van der Waals surface area (Å²) in [5.41, 5.74) is 1.95. The van der Waals surface area contributed by atoms with Crippen LogP contribution >= 0.6 is 0 Å². The Labute approximate surface area is 128 Å². The van der Waals surface area contributed by atoms with E-state index in [2.05, 4.69) is 47.2 Å². The maximum Gasteiger partial charge on any atom is 0.0594 e. The molecule has 2 fully saturated rings. The van der Waals surface area contributed by atoms with Crippen molar-refractivity contribution in [2.45, 2.75) is 19.3 Å². The molecule has 0 unspecified atom stereocenters. The van der Waals surface area contributed by atoms with Gasteiger partial charge in [0.25, 0.3) is 0 Å². The molecule has 0 saturated carbocycles. The number of hydrogen-bond donors (Lipinski definition) is 0. The lowest BCUT2D eigenvalue weighted by Crippen LogP contribution is -2.49. The van der Waals surface area contributed by atoms with Crippen LogP contribution in [0.25, 0.3) is 0 Å². The van der Waals surface area contributed by atoms with E-state index in [-0.39, 0.29) is 0 Å². The summed E-state index contributed by atoms with van der Waals surface area (Å²) in [6, 6.07) is 11.0. The van der Waals surface area contributed by atoms with Crippen LogP contribution in [0, 0.1) is 5.41 Å². The van der Waals surface area contributed by atoms with E-state index in [0.29, 0.717) is 5.41 Å². The summed E-state index contributed by atoms with van der Waals surface area (Å²) in [5.74, 6) is 0. The molecule has 2 aliphatic rings. The number of rotatable bonds is 4. The third-order valence-corrected chi connectivity index (χ3v) is 5.13. The van der Waals surface area contributed by atoms with Gasteiger partial charge in [0.1, 0.15) is 0 Å². The first-order chi connectivity index (χ1) is 10.3. The second-order valence-electron chi connectivity index (χ2n) is 6.85. The van der Waals surface area contributed by atoms with E-state index in [1.807, 2.05) is 0 Å². The van der Waals surface area contributed by atoms with Crippen molar-refractivity contribution in [2.24, 2.45) is 5.41 Å². The van der Waals surface area contributed by atoms with Crippen LogP contribution in [0.2, 0.25) is 0 Å². The number of benzene rings is 1. The van der Waals surface area contributed by atoms with Crippen molar-refractivity contribution in [1.82, 2.24) is 9.80 Å².